The van der Waals surface area contributed by atoms with Crippen LogP contribution in [-0.4, -0.2) is 66.4 Å². The number of aromatic nitrogens is 6. The van der Waals surface area contributed by atoms with Gasteiger partial charge in [0.15, 0.2) is 0 Å². The fourth-order valence-corrected chi connectivity index (χ4v) is 3.93. The van der Waals surface area contributed by atoms with Crippen molar-refractivity contribution in [3.63, 3.8) is 0 Å². The minimum absolute atomic E-state index is 0.0521. The van der Waals surface area contributed by atoms with E-state index in [-0.39, 0.29) is 18.7 Å². The lowest BCUT2D eigenvalue weighted by molar-refractivity contribution is 0.296. The zero-order valence-corrected chi connectivity index (χ0v) is 17.0. The van der Waals surface area contributed by atoms with Crippen LogP contribution in [0.4, 0.5) is 11.6 Å². The Balaban J connectivity index is 1.56. The van der Waals surface area contributed by atoms with E-state index >= 15 is 0 Å². The van der Waals surface area contributed by atoms with Crippen molar-refractivity contribution in [2.45, 2.75) is 39.3 Å². The number of aryl methyl sites for hydroxylation is 1. The standard InChI is InChI=1S/C20H26N8O/c1-14-12-26(18-4-7-22-17(24-18)6-11-29)13-15(2)28(14)19-5-8-23-20(25-19)27-10-9-21-16(27)3/h4-5,7-10,14-15,29H,6,11-13H2,1-3H3/t14-,15+. The molecule has 152 valence electrons. The maximum atomic E-state index is 9.16. The minimum Gasteiger partial charge on any atom is -0.396 e. The summed E-state index contributed by atoms with van der Waals surface area (Å²) in [4.78, 5) is 26.9. The van der Waals surface area contributed by atoms with Crippen molar-refractivity contribution in [3.8, 4) is 5.95 Å². The molecule has 4 heterocycles. The highest BCUT2D eigenvalue weighted by molar-refractivity contribution is 5.48. The van der Waals surface area contributed by atoms with Gasteiger partial charge in [-0.2, -0.15) is 4.98 Å². The molecule has 0 aromatic carbocycles. The van der Waals surface area contributed by atoms with E-state index in [0.717, 1.165) is 30.5 Å². The van der Waals surface area contributed by atoms with Crippen molar-refractivity contribution in [1.82, 2.24) is 29.5 Å². The fraction of sp³-hybridized carbons (Fsp3) is 0.450. The number of imidazole rings is 1. The molecule has 0 aliphatic carbocycles. The summed E-state index contributed by atoms with van der Waals surface area (Å²) >= 11 is 0. The van der Waals surface area contributed by atoms with Gasteiger partial charge in [-0.1, -0.05) is 0 Å². The van der Waals surface area contributed by atoms with Gasteiger partial charge >= 0.3 is 0 Å². The molecule has 1 saturated heterocycles. The van der Waals surface area contributed by atoms with Gasteiger partial charge in [-0.25, -0.2) is 19.9 Å². The van der Waals surface area contributed by atoms with Crippen LogP contribution in [0.2, 0.25) is 0 Å². The first-order valence-corrected chi connectivity index (χ1v) is 9.86. The molecule has 0 saturated carbocycles. The van der Waals surface area contributed by atoms with Crippen LogP contribution >= 0.6 is 0 Å². The zero-order chi connectivity index (χ0) is 20.4. The third kappa shape index (κ3) is 3.91. The lowest BCUT2D eigenvalue weighted by Gasteiger charge is -2.45. The molecule has 1 aliphatic rings. The van der Waals surface area contributed by atoms with E-state index in [4.69, 9.17) is 10.1 Å². The quantitative estimate of drug-likeness (QED) is 0.694. The van der Waals surface area contributed by atoms with E-state index in [1.165, 1.54) is 0 Å². The summed E-state index contributed by atoms with van der Waals surface area (Å²) in [6, 6.07) is 4.37. The van der Waals surface area contributed by atoms with E-state index < -0.39 is 0 Å². The van der Waals surface area contributed by atoms with Crippen LogP contribution in [-0.2, 0) is 6.42 Å². The number of aliphatic hydroxyl groups excluding tert-OH is 1. The first-order chi connectivity index (χ1) is 14.1. The highest BCUT2D eigenvalue weighted by atomic mass is 16.3. The molecule has 0 unspecified atom stereocenters. The molecule has 0 radical (unpaired) electrons. The van der Waals surface area contributed by atoms with Crippen LogP contribution in [0.1, 0.15) is 25.5 Å². The average molecular weight is 394 g/mol. The van der Waals surface area contributed by atoms with E-state index in [0.29, 0.717) is 18.2 Å². The SMILES string of the molecule is Cc1nccn1-c1nccc(N2[C@H](C)CN(c3ccnc(CCO)n3)C[C@@H]2C)n1. The second-order valence-corrected chi connectivity index (χ2v) is 7.37. The molecule has 4 rings (SSSR count). The van der Waals surface area contributed by atoms with Crippen molar-refractivity contribution in [1.29, 1.82) is 0 Å². The molecule has 0 bridgehead atoms. The topological polar surface area (TPSA) is 96.1 Å². The molecule has 1 N–H and O–H groups in total. The van der Waals surface area contributed by atoms with Crippen molar-refractivity contribution >= 4 is 11.6 Å². The van der Waals surface area contributed by atoms with Gasteiger partial charge in [-0.05, 0) is 32.9 Å². The molecule has 1 aliphatic heterocycles. The predicted molar refractivity (Wildman–Crippen MR) is 110 cm³/mol. The first kappa shape index (κ1) is 19.3. The lowest BCUT2D eigenvalue weighted by Crippen LogP contribution is -2.57. The lowest BCUT2D eigenvalue weighted by atomic mass is 10.1. The molecule has 29 heavy (non-hydrogen) atoms. The summed E-state index contributed by atoms with van der Waals surface area (Å²) in [5, 5.41) is 9.16. The van der Waals surface area contributed by atoms with Crippen LogP contribution in [0.25, 0.3) is 5.95 Å². The van der Waals surface area contributed by atoms with Crippen molar-refractivity contribution in [2.75, 3.05) is 29.5 Å². The first-order valence-electron chi connectivity index (χ1n) is 9.86. The van der Waals surface area contributed by atoms with Crippen LogP contribution in [0.5, 0.6) is 0 Å². The third-order valence-corrected chi connectivity index (χ3v) is 5.20. The Hall–Kier alpha value is -3.07. The average Bonchev–Trinajstić information content (AvgIpc) is 3.14. The van der Waals surface area contributed by atoms with Crippen LogP contribution in [0.3, 0.4) is 0 Å². The Kier molecular flexibility index (Phi) is 5.39. The molecule has 3 aromatic heterocycles. The van der Waals surface area contributed by atoms with E-state index in [2.05, 4.69) is 43.6 Å². The Bertz CT molecular complexity index is 962. The van der Waals surface area contributed by atoms with Crippen molar-refractivity contribution in [3.05, 3.63) is 48.6 Å². The Labute approximate surface area is 170 Å². The van der Waals surface area contributed by atoms with Crippen molar-refractivity contribution in [2.24, 2.45) is 0 Å². The largest absolute Gasteiger partial charge is 0.396 e. The molecule has 2 atom stereocenters. The zero-order valence-electron chi connectivity index (χ0n) is 17.0. The summed E-state index contributed by atoms with van der Waals surface area (Å²) in [7, 11) is 0. The van der Waals surface area contributed by atoms with Gasteiger partial charge in [0.25, 0.3) is 0 Å². The maximum absolute atomic E-state index is 9.16. The molecular formula is C20H26N8O. The number of rotatable bonds is 5. The van der Waals surface area contributed by atoms with Gasteiger partial charge in [0.1, 0.15) is 23.3 Å². The van der Waals surface area contributed by atoms with Crippen LogP contribution in [0.15, 0.2) is 36.9 Å². The van der Waals surface area contributed by atoms with Crippen LogP contribution in [0, 0.1) is 6.92 Å². The van der Waals surface area contributed by atoms with Gasteiger partial charge in [0, 0.05) is 56.4 Å². The summed E-state index contributed by atoms with van der Waals surface area (Å²) in [5.74, 6) is 3.97. The highest BCUT2D eigenvalue weighted by Crippen LogP contribution is 2.26. The molecule has 0 spiro atoms. The van der Waals surface area contributed by atoms with Gasteiger partial charge < -0.3 is 14.9 Å². The Morgan fingerprint density at radius 1 is 0.966 bits per heavy atom. The molecule has 9 heteroatoms. The number of aliphatic hydroxyl groups is 1. The molecule has 0 amide bonds. The number of anilines is 2. The predicted octanol–water partition coefficient (Wildman–Crippen LogP) is 1.40. The molecule has 9 nitrogen and oxygen atoms in total. The van der Waals surface area contributed by atoms with Gasteiger partial charge in [-0.3, -0.25) is 4.57 Å². The molecule has 1 fully saturated rings. The highest BCUT2D eigenvalue weighted by Gasteiger charge is 2.31. The minimum atomic E-state index is 0.0521. The number of hydrogen-bond donors (Lipinski definition) is 1. The summed E-state index contributed by atoms with van der Waals surface area (Å²) in [5.41, 5.74) is 0. The second-order valence-electron chi connectivity index (χ2n) is 7.37. The van der Waals surface area contributed by atoms with Gasteiger partial charge in [-0.15, -0.1) is 0 Å². The normalized spacial score (nSPS) is 19.6. The molecular weight excluding hydrogens is 368 g/mol. The van der Waals surface area contributed by atoms with Crippen molar-refractivity contribution < 1.29 is 5.11 Å². The van der Waals surface area contributed by atoms with Gasteiger partial charge in [0.2, 0.25) is 5.95 Å². The smallest absolute Gasteiger partial charge is 0.237 e. The summed E-state index contributed by atoms with van der Waals surface area (Å²) in [6.45, 7) is 8.03. The number of hydrogen-bond acceptors (Lipinski definition) is 8. The molecule has 3 aromatic rings. The monoisotopic (exact) mass is 394 g/mol. The van der Waals surface area contributed by atoms with E-state index in [9.17, 15) is 0 Å². The van der Waals surface area contributed by atoms with E-state index in [1.807, 2.05) is 29.8 Å². The Morgan fingerprint density at radius 2 is 1.69 bits per heavy atom. The Morgan fingerprint density at radius 3 is 2.38 bits per heavy atom. The number of nitrogens with zero attached hydrogens (tertiary/aromatic N) is 8. The van der Waals surface area contributed by atoms with E-state index in [1.54, 1.807) is 18.6 Å². The number of piperazine rings is 1. The third-order valence-electron chi connectivity index (χ3n) is 5.20. The second kappa shape index (κ2) is 8.12. The van der Waals surface area contributed by atoms with Gasteiger partial charge in [0.05, 0.1) is 6.61 Å². The maximum Gasteiger partial charge on any atom is 0.237 e. The fourth-order valence-electron chi connectivity index (χ4n) is 3.93. The summed E-state index contributed by atoms with van der Waals surface area (Å²) in [6.07, 6.45) is 7.66. The van der Waals surface area contributed by atoms with Crippen LogP contribution < -0.4 is 9.80 Å². The summed E-state index contributed by atoms with van der Waals surface area (Å²) < 4.78 is 1.89.